The van der Waals surface area contributed by atoms with E-state index in [1.54, 1.807) is 0 Å². The van der Waals surface area contributed by atoms with Gasteiger partial charge in [-0.05, 0) is 69.7 Å². The van der Waals surface area contributed by atoms with E-state index in [0.717, 1.165) is 22.5 Å². The molecule has 0 saturated heterocycles. The van der Waals surface area contributed by atoms with E-state index < -0.39 is 0 Å². The first-order valence-corrected chi connectivity index (χ1v) is 8.28. The van der Waals surface area contributed by atoms with Gasteiger partial charge < -0.3 is 10.1 Å². The summed E-state index contributed by atoms with van der Waals surface area (Å²) in [6.07, 6.45) is 0. The van der Waals surface area contributed by atoms with Crippen LogP contribution < -0.4 is 10.1 Å². The fourth-order valence-electron chi connectivity index (χ4n) is 2.75. The molecule has 2 N–H and O–H groups in total. The Morgan fingerprint density at radius 3 is 2.52 bits per heavy atom. The summed E-state index contributed by atoms with van der Waals surface area (Å²) in [6, 6.07) is 14.0. The maximum absolute atomic E-state index is 5.83. The minimum atomic E-state index is -0.208. The Labute approximate surface area is 145 Å². The number of imidazole rings is 1. The molecule has 4 aromatic rings. The average Bonchev–Trinajstić information content (AvgIpc) is 3.04. The molecule has 0 atom stereocenters. The van der Waals surface area contributed by atoms with Crippen LogP contribution in [-0.2, 0) is 0 Å². The van der Waals surface area contributed by atoms with Gasteiger partial charge >= 0.3 is 0 Å². The summed E-state index contributed by atoms with van der Waals surface area (Å²) in [6.45, 7) is 8.15. The van der Waals surface area contributed by atoms with Gasteiger partial charge in [0.15, 0.2) is 0 Å². The highest BCUT2D eigenvalue weighted by atomic mass is 16.5. The van der Waals surface area contributed by atoms with Crippen LogP contribution in [0.2, 0.25) is 0 Å². The fourth-order valence-corrected chi connectivity index (χ4v) is 2.75. The first kappa shape index (κ1) is 15.5. The fraction of sp³-hybridized carbons (Fsp3) is 0.263. The number of hydrogen-bond donors (Lipinski definition) is 2. The second kappa shape index (κ2) is 5.51. The van der Waals surface area contributed by atoms with Crippen LogP contribution >= 0.6 is 0 Å². The van der Waals surface area contributed by atoms with Gasteiger partial charge in [0.1, 0.15) is 11.4 Å². The van der Waals surface area contributed by atoms with Crippen molar-refractivity contribution in [1.82, 2.24) is 19.6 Å². The van der Waals surface area contributed by atoms with E-state index in [-0.39, 0.29) is 5.60 Å². The maximum Gasteiger partial charge on any atom is 0.253 e. The number of aromatic amines is 1. The van der Waals surface area contributed by atoms with Crippen molar-refractivity contribution in [1.29, 1.82) is 0 Å². The van der Waals surface area contributed by atoms with Crippen molar-refractivity contribution in [2.75, 3.05) is 5.32 Å². The Hall–Kier alpha value is -3.02. The van der Waals surface area contributed by atoms with Crippen molar-refractivity contribution in [2.24, 2.45) is 0 Å². The standard InChI is InChI=1S/C19H21N5O/c1-12-5-10-16-15(11-12)21-18-22-17(23-24(16)18)20-13-6-8-14(9-7-13)25-19(2,3)4/h5-11H,1-4H3,(H2,20,21,22,23). The number of nitrogens with one attached hydrogen (secondary N) is 2. The lowest BCUT2D eigenvalue weighted by Crippen LogP contribution is -2.22. The summed E-state index contributed by atoms with van der Waals surface area (Å²) in [4.78, 5) is 9.06. The highest BCUT2D eigenvalue weighted by molar-refractivity contribution is 5.80. The van der Waals surface area contributed by atoms with Crippen molar-refractivity contribution in [3.05, 3.63) is 48.0 Å². The van der Waals surface area contributed by atoms with Crippen molar-refractivity contribution >= 4 is 28.4 Å². The Kier molecular flexibility index (Phi) is 3.42. The molecule has 0 aliphatic heterocycles. The summed E-state index contributed by atoms with van der Waals surface area (Å²) in [5.41, 5.74) is 3.85. The second-order valence-electron chi connectivity index (χ2n) is 7.18. The Balaban J connectivity index is 1.58. The molecule has 0 radical (unpaired) electrons. The molecular formula is C19H21N5O. The highest BCUT2D eigenvalue weighted by Gasteiger charge is 2.12. The molecular weight excluding hydrogens is 314 g/mol. The van der Waals surface area contributed by atoms with E-state index in [1.165, 1.54) is 5.56 Å². The van der Waals surface area contributed by atoms with Gasteiger partial charge in [-0.25, -0.2) is 9.50 Å². The molecule has 0 saturated carbocycles. The van der Waals surface area contributed by atoms with E-state index in [4.69, 9.17) is 4.74 Å². The predicted octanol–water partition coefficient (Wildman–Crippen LogP) is 4.44. The molecule has 6 nitrogen and oxygen atoms in total. The number of benzene rings is 2. The van der Waals surface area contributed by atoms with Crippen LogP contribution in [0.15, 0.2) is 42.5 Å². The van der Waals surface area contributed by atoms with Gasteiger partial charge in [-0.2, -0.15) is 4.98 Å². The monoisotopic (exact) mass is 335 g/mol. The number of aryl methyl sites for hydroxylation is 1. The first-order valence-electron chi connectivity index (χ1n) is 8.28. The summed E-state index contributed by atoms with van der Waals surface area (Å²) in [5.74, 6) is 2.14. The number of hydrogen-bond acceptors (Lipinski definition) is 4. The second-order valence-corrected chi connectivity index (χ2v) is 7.18. The minimum absolute atomic E-state index is 0.208. The zero-order valence-corrected chi connectivity index (χ0v) is 14.8. The third-order valence-electron chi connectivity index (χ3n) is 3.76. The molecule has 0 fully saturated rings. The van der Waals surface area contributed by atoms with Crippen LogP contribution in [0.3, 0.4) is 0 Å². The summed E-state index contributed by atoms with van der Waals surface area (Å²) >= 11 is 0. The summed E-state index contributed by atoms with van der Waals surface area (Å²) < 4.78 is 7.72. The normalized spacial score (nSPS) is 12.0. The lowest BCUT2D eigenvalue weighted by atomic mass is 10.2. The van der Waals surface area contributed by atoms with Gasteiger partial charge in [-0.3, -0.25) is 5.10 Å². The maximum atomic E-state index is 5.83. The molecule has 0 bridgehead atoms. The Bertz CT molecular complexity index is 1040. The molecule has 0 unspecified atom stereocenters. The largest absolute Gasteiger partial charge is 0.488 e. The quantitative estimate of drug-likeness (QED) is 0.581. The van der Waals surface area contributed by atoms with E-state index in [9.17, 15) is 0 Å². The molecule has 2 aromatic heterocycles. The number of fused-ring (bicyclic) bond motifs is 3. The van der Waals surface area contributed by atoms with Gasteiger partial charge in [0.05, 0.1) is 11.0 Å². The average molecular weight is 335 g/mol. The molecule has 2 aromatic carbocycles. The zero-order valence-electron chi connectivity index (χ0n) is 14.8. The molecule has 0 amide bonds. The number of nitrogens with zero attached hydrogens (tertiary/aromatic N) is 3. The number of ether oxygens (including phenoxy) is 1. The number of anilines is 2. The van der Waals surface area contributed by atoms with Crippen molar-refractivity contribution in [3.8, 4) is 5.75 Å². The number of aromatic nitrogens is 4. The van der Waals surface area contributed by atoms with Crippen LogP contribution in [0.25, 0.3) is 16.8 Å². The third kappa shape index (κ3) is 3.15. The summed E-state index contributed by atoms with van der Waals surface area (Å²) in [7, 11) is 0. The molecule has 0 spiro atoms. The minimum Gasteiger partial charge on any atom is -0.488 e. The van der Waals surface area contributed by atoms with Gasteiger partial charge in [-0.1, -0.05) is 6.07 Å². The number of H-pyrrole nitrogens is 1. The van der Waals surface area contributed by atoms with Crippen molar-refractivity contribution in [2.45, 2.75) is 33.3 Å². The molecule has 25 heavy (non-hydrogen) atoms. The van der Waals surface area contributed by atoms with E-state index in [1.807, 2.05) is 55.6 Å². The predicted molar refractivity (Wildman–Crippen MR) is 99.7 cm³/mol. The Morgan fingerprint density at radius 2 is 1.80 bits per heavy atom. The SMILES string of the molecule is Cc1ccc2c(c1)nc1nc(Nc3ccc(OC(C)(C)C)cc3)[nH]n12. The van der Waals surface area contributed by atoms with Crippen LogP contribution in [0, 0.1) is 6.92 Å². The van der Waals surface area contributed by atoms with Gasteiger partial charge in [0.2, 0.25) is 5.95 Å². The molecule has 128 valence electrons. The van der Waals surface area contributed by atoms with Crippen molar-refractivity contribution < 1.29 is 4.74 Å². The van der Waals surface area contributed by atoms with E-state index in [0.29, 0.717) is 11.7 Å². The van der Waals surface area contributed by atoms with Crippen LogP contribution in [0.1, 0.15) is 26.3 Å². The lowest BCUT2D eigenvalue weighted by molar-refractivity contribution is 0.131. The first-order chi connectivity index (χ1) is 11.9. The van der Waals surface area contributed by atoms with E-state index >= 15 is 0 Å². The molecule has 6 heteroatoms. The molecule has 0 aliphatic carbocycles. The molecule has 0 aliphatic rings. The molecule has 4 rings (SSSR count). The number of rotatable bonds is 3. The van der Waals surface area contributed by atoms with Crippen molar-refractivity contribution in [3.63, 3.8) is 0 Å². The van der Waals surface area contributed by atoms with Gasteiger partial charge in [-0.15, -0.1) is 0 Å². The topological polar surface area (TPSA) is 67.2 Å². The van der Waals surface area contributed by atoms with Crippen LogP contribution in [0.4, 0.5) is 11.6 Å². The van der Waals surface area contributed by atoms with Crippen LogP contribution in [0.5, 0.6) is 5.75 Å². The van der Waals surface area contributed by atoms with E-state index in [2.05, 4.69) is 39.4 Å². The zero-order chi connectivity index (χ0) is 17.6. The summed E-state index contributed by atoms with van der Waals surface area (Å²) in [5, 5.41) is 6.50. The molecule has 2 heterocycles. The van der Waals surface area contributed by atoms with Gasteiger partial charge in [0.25, 0.3) is 5.78 Å². The lowest BCUT2D eigenvalue weighted by Gasteiger charge is -2.21. The third-order valence-corrected chi connectivity index (χ3v) is 3.76. The van der Waals surface area contributed by atoms with Gasteiger partial charge in [0, 0.05) is 5.69 Å². The Morgan fingerprint density at radius 1 is 1.04 bits per heavy atom. The highest BCUT2D eigenvalue weighted by Crippen LogP contribution is 2.23. The van der Waals surface area contributed by atoms with Crippen LogP contribution in [-0.4, -0.2) is 25.2 Å². The smallest absolute Gasteiger partial charge is 0.253 e.